The third kappa shape index (κ3) is 7.70. The highest BCUT2D eigenvalue weighted by Crippen LogP contribution is 2.60. The van der Waals surface area contributed by atoms with Crippen LogP contribution < -0.4 is 31.1 Å². The average molecular weight is 996 g/mol. The van der Waals surface area contributed by atoms with E-state index < -0.39 is 5.41 Å². The first-order valence-electron chi connectivity index (χ1n) is 27.5. The zero-order valence-electron chi connectivity index (χ0n) is 45.9. The summed E-state index contributed by atoms with van der Waals surface area (Å²) in [6, 6.07) is 89.6. The molecule has 0 N–H and O–H groups in total. The Morgan fingerprint density at radius 3 is 1.45 bits per heavy atom. The first kappa shape index (κ1) is 48.3. The fourth-order valence-corrected chi connectivity index (χ4v) is 12.9. The predicted molar refractivity (Wildman–Crippen MR) is 329 cm³/mol. The Labute approximate surface area is 457 Å². The Balaban J connectivity index is 1.17. The number of fused-ring (bicyclic) bond motifs is 7. The Bertz CT molecular complexity index is 3780. The third-order valence-electron chi connectivity index (χ3n) is 16.8. The van der Waals surface area contributed by atoms with Crippen molar-refractivity contribution in [1.29, 1.82) is 0 Å². The largest absolute Gasteiger partial charge is 0.311 e. The summed E-state index contributed by atoms with van der Waals surface area (Å²) in [6.07, 6.45) is 0. The van der Waals surface area contributed by atoms with Crippen LogP contribution in [-0.2, 0) is 21.7 Å². The monoisotopic (exact) mass is 996 g/mol. The highest BCUT2D eigenvalue weighted by atomic mass is 15.2. The third-order valence-corrected chi connectivity index (χ3v) is 16.8. The number of rotatable bonds is 7. The van der Waals surface area contributed by atoms with Crippen molar-refractivity contribution in [3.05, 3.63) is 276 Å². The van der Waals surface area contributed by atoms with Gasteiger partial charge in [-0.1, -0.05) is 226 Å². The zero-order valence-corrected chi connectivity index (χ0v) is 45.9. The molecule has 0 bridgehead atoms. The Morgan fingerprint density at radius 2 is 0.870 bits per heavy atom. The highest BCUT2D eigenvalue weighted by molar-refractivity contribution is 7.00. The molecule has 1 aliphatic carbocycles. The molecule has 77 heavy (non-hydrogen) atoms. The molecule has 10 aromatic rings. The van der Waals surface area contributed by atoms with Gasteiger partial charge in [0, 0.05) is 51.1 Å². The van der Waals surface area contributed by atoms with Crippen LogP contribution in [0.4, 0.5) is 51.2 Å². The molecule has 0 atom stereocenters. The number of nitrogens with zero attached hydrogens (tertiary/aromatic N) is 3. The molecule has 376 valence electrons. The smallest absolute Gasteiger partial charge is 0.252 e. The maximum absolute atomic E-state index is 2.68. The van der Waals surface area contributed by atoms with Crippen molar-refractivity contribution in [2.45, 2.75) is 84.0 Å². The van der Waals surface area contributed by atoms with Crippen molar-refractivity contribution in [2.24, 2.45) is 0 Å². The fraction of sp³-hybridized carbons (Fsp3) is 0.178. The van der Waals surface area contributed by atoms with Crippen LogP contribution in [0, 0.1) is 0 Å². The summed E-state index contributed by atoms with van der Waals surface area (Å²) < 4.78 is 0. The van der Waals surface area contributed by atoms with Crippen LogP contribution in [0.1, 0.15) is 101 Å². The number of para-hydroxylation sites is 2. The maximum atomic E-state index is 2.68. The molecule has 0 aromatic heterocycles. The second-order valence-electron chi connectivity index (χ2n) is 24.6. The summed E-state index contributed by atoms with van der Waals surface area (Å²) in [4.78, 5) is 7.68. The molecular weight excluding hydrogens is 930 g/mol. The van der Waals surface area contributed by atoms with Crippen LogP contribution in [0.25, 0.3) is 11.1 Å². The molecule has 3 aliphatic rings. The van der Waals surface area contributed by atoms with Crippen molar-refractivity contribution < 1.29 is 0 Å². The lowest BCUT2D eigenvalue weighted by molar-refractivity contribution is 0.589. The molecule has 0 unspecified atom stereocenters. The molecule has 4 heteroatoms. The second-order valence-corrected chi connectivity index (χ2v) is 24.6. The van der Waals surface area contributed by atoms with Gasteiger partial charge in [-0.05, 0) is 150 Å². The minimum atomic E-state index is -0.574. The van der Waals surface area contributed by atoms with E-state index in [1.165, 1.54) is 89.2 Å². The fourth-order valence-electron chi connectivity index (χ4n) is 12.9. The lowest BCUT2D eigenvalue weighted by atomic mass is 9.33. The van der Waals surface area contributed by atoms with Gasteiger partial charge < -0.3 is 14.7 Å². The number of anilines is 9. The van der Waals surface area contributed by atoms with E-state index >= 15 is 0 Å². The van der Waals surface area contributed by atoms with E-state index in [4.69, 9.17) is 0 Å². The van der Waals surface area contributed by atoms with Crippen molar-refractivity contribution in [1.82, 2.24) is 0 Å². The molecular formula is C73H66BN3. The average Bonchev–Trinajstić information content (AvgIpc) is 4.03. The summed E-state index contributed by atoms with van der Waals surface area (Å²) in [7, 11) is 0. The molecule has 2 aliphatic heterocycles. The summed E-state index contributed by atoms with van der Waals surface area (Å²) in [6.45, 7) is 21.0. The van der Waals surface area contributed by atoms with Gasteiger partial charge in [-0.2, -0.15) is 0 Å². The quantitative estimate of drug-likeness (QED) is 0.147. The van der Waals surface area contributed by atoms with Crippen LogP contribution in [0.5, 0.6) is 0 Å². The molecule has 3 nitrogen and oxygen atoms in total. The van der Waals surface area contributed by atoms with Crippen LogP contribution in [0.2, 0.25) is 0 Å². The summed E-state index contributed by atoms with van der Waals surface area (Å²) in [5.74, 6) is 0. The van der Waals surface area contributed by atoms with Gasteiger partial charge in [0.1, 0.15) is 0 Å². The van der Waals surface area contributed by atoms with Gasteiger partial charge in [0.25, 0.3) is 6.71 Å². The van der Waals surface area contributed by atoms with Gasteiger partial charge in [0.2, 0.25) is 0 Å². The van der Waals surface area contributed by atoms with Gasteiger partial charge in [-0.15, -0.1) is 0 Å². The molecule has 0 radical (unpaired) electrons. The summed E-state index contributed by atoms with van der Waals surface area (Å²) in [5.41, 5.74) is 25.1. The molecule has 0 spiro atoms. The van der Waals surface area contributed by atoms with Gasteiger partial charge in [-0.3, -0.25) is 0 Å². The molecule has 10 aromatic carbocycles. The van der Waals surface area contributed by atoms with Gasteiger partial charge >= 0.3 is 0 Å². The molecule has 13 rings (SSSR count). The minimum Gasteiger partial charge on any atom is -0.311 e. The minimum absolute atomic E-state index is 0.0171. The Morgan fingerprint density at radius 1 is 0.351 bits per heavy atom. The molecule has 0 saturated carbocycles. The van der Waals surface area contributed by atoms with E-state index in [1.807, 2.05) is 0 Å². The Kier molecular flexibility index (Phi) is 11.2. The number of hydrogen-bond donors (Lipinski definition) is 0. The number of hydrogen-bond acceptors (Lipinski definition) is 3. The lowest BCUT2D eigenvalue weighted by Crippen LogP contribution is -2.61. The SMILES string of the molecule is CC(C)(C)c1ccc(N2c3ccc(C(C)(C)C)cc3B3c4ccc(N(c5ccccc5)c5ccccc5)cc4N(c4cccc5c4-c4ccccc4C5(c4ccccc4)c4ccccc4)c4cc(C(C)(C)C)cc2c43)cc1. The van der Waals surface area contributed by atoms with Crippen molar-refractivity contribution in [3.63, 3.8) is 0 Å². The maximum Gasteiger partial charge on any atom is 0.252 e. The van der Waals surface area contributed by atoms with E-state index in [2.05, 4.69) is 314 Å². The van der Waals surface area contributed by atoms with Gasteiger partial charge in [0.05, 0.1) is 11.1 Å². The van der Waals surface area contributed by atoms with Crippen LogP contribution in [0.15, 0.2) is 237 Å². The molecule has 0 fully saturated rings. The van der Waals surface area contributed by atoms with Gasteiger partial charge in [-0.25, -0.2) is 0 Å². The summed E-state index contributed by atoms with van der Waals surface area (Å²) in [5, 5.41) is 0. The van der Waals surface area contributed by atoms with Crippen molar-refractivity contribution in [2.75, 3.05) is 14.7 Å². The standard InChI is InChI=1S/C73H66BN3/c1-70(2,3)49-37-40-56(41-38-49)76-63-44-39-52(71(4,5)6)45-62(63)74-61-43-42-57(75(54-29-18-12-19-30-54)55-31-20-13-21-32-55)48-65(61)77(67-47-53(72(7,8)9)46-66(76)69(67)74)64-36-24-35-60-68(64)58-33-22-23-34-59(58)73(60,50-25-14-10-15-26-50)51-27-16-11-17-28-51/h10-48H,1-9H3. The summed E-state index contributed by atoms with van der Waals surface area (Å²) >= 11 is 0. The normalized spacial score (nSPS) is 14.1. The van der Waals surface area contributed by atoms with E-state index in [-0.39, 0.29) is 23.0 Å². The lowest BCUT2D eigenvalue weighted by Gasteiger charge is -2.46. The number of benzene rings is 10. The van der Waals surface area contributed by atoms with Gasteiger partial charge in [0.15, 0.2) is 0 Å². The van der Waals surface area contributed by atoms with Crippen LogP contribution in [0.3, 0.4) is 0 Å². The second kappa shape index (κ2) is 17.9. The predicted octanol–water partition coefficient (Wildman–Crippen LogP) is 17.5. The topological polar surface area (TPSA) is 9.72 Å². The zero-order chi connectivity index (χ0) is 53.0. The molecule has 0 saturated heterocycles. The van der Waals surface area contributed by atoms with Crippen molar-refractivity contribution >= 4 is 74.3 Å². The molecule has 2 heterocycles. The van der Waals surface area contributed by atoms with E-state index in [0.29, 0.717) is 0 Å². The van der Waals surface area contributed by atoms with Crippen LogP contribution in [-0.4, -0.2) is 6.71 Å². The van der Waals surface area contributed by atoms with E-state index in [9.17, 15) is 0 Å². The first-order chi connectivity index (χ1) is 37.1. The van der Waals surface area contributed by atoms with Crippen LogP contribution >= 0.6 is 0 Å². The Hall–Kier alpha value is -8.34. The highest BCUT2D eigenvalue weighted by Gasteiger charge is 2.50. The van der Waals surface area contributed by atoms with E-state index in [1.54, 1.807) is 0 Å². The first-order valence-corrected chi connectivity index (χ1v) is 27.5. The van der Waals surface area contributed by atoms with Crippen molar-refractivity contribution in [3.8, 4) is 11.1 Å². The molecule has 0 amide bonds. The van der Waals surface area contributed by atoms with E-state index in [0.717, 1.165) is 28.4 Å².